The number of alkyl halides is 6. The number of carbonyl (C=O) groups is 2. The van der Waals surface area contributed by atoms with E-state index < -0.39 is 35.2 Å². The molecule has 2 aromatic rings. The van der Waals surface area contributed by atoms with Crippen LogP contribution in [0.3, 0.4) is 0 Å². The van der Waals surface area contributed by atoms with Gasteiger partial charge in [-0.15, -0.1) is 0 Å². The number of ether oxygens (including phenoxy) is 1. The van der Waals surface area contributed by atoms with Gasteiger partial charge in [0, 0.05) is 49.8 Å². The first-order valence-corrected chi connectivity index (χ1v) is 14.1. The number of urea groups is 1. The van der Waals surface area contributed by atoms with Crippen molar-refractivity contribution in [3.8, 4) is 0 Å². The Morgan fingerprint density at radius 1 is 0.860 bits per heavy atom. The van der Waals surface area contributed by atoms with Gasteiger partial charge in [0.1, 0.15) is 0 Å². The van der Waals surface area contributed by atoms with Gasteiger partial charge >= 0.3 is 18.4 Å². The summed E-state index contributed by atoms with van der Waals surface area (Å²) in [5.41, 5.74) is -2.66. The van der Waals surface area contributed by atoms with Crippen molar-refractivity contribution in [3.63, 3.8) is 0 Å². The SMILES string of the molecule is CC1CCN(c2ccc(NC(=O)Nc3cc(C(F)(F)F)cc(C(F)(F)F)c3)cc2C(=O)NCCCN2CCOCC2)CC1. The number of benzene rings is 2. The van der Waals surface area contributed by atoms with Gasteiger partial charge in [0.25, 0.3) is 5.91 Å². The van der Waals surface area contributed by atoms with E-state index in [1.54, 1.807) is 6.07 Å². The molecule has 0 saturated carbocycles. The van der Waals surface area contributed by atoms with Crippen molar-refractivity contribution in [2.75, 3.05) is 68.0 Å². The molecule has 8 nitrogen and oxygen atoms in total. The fourth-order valence-electron chi connectivity index (χ4n) is 5.07. The monoisotopic (exact) mass is 615 g/mol. The van der Waals surface area contributed by atoms with E-state index in [1.165, 1.54) is 12.1 Å². The van der Waals surface area contributed by atoms with Crippen LogP contribution < -0.4 is 20.9 Å². The van der Waals surface area contributed by atoms with Gasteiger partial charge in [-0.2, -0.15) is 26.3 Å². The lowest BCUT2D eigenvalue weighted by Gasteiger charge is -2.33. The number of rotatable bonds is 8. The van der Waals surface area contributed by atoms with Crippen LogP contribution in [0, 0.1) is 5.92 Å². The number of anilines is 3. The van der Waals surface area contributed by atoms with Crippen molar-refractivity contribution in [1.82, 2.24) is 10.2 Å². The Hall–Kier alpha value is -3.52. The summed E-state index contributed by atoms with van der Waals surface area (Å²) in [7, 11) is 0. The molecular formula is C29H35F6N5O3. The highest BCUT2D eigenvalue weighted by Crippen LogP contribution is 2.37. The summed E-state index contributed by atoms with van der Waals surface area (Å²) in [6.07, 6.45) is -7.50. The van der Waals surface area contributed by atoms with E-state index in [2.05, 4.69) is 27.4 Å². The number of piperidine rings is 1. The second-order valence-electron chi connectivity index (χ2n) is 10.8. The minimum Gasteiger partial charge on any atom is -0.379 e. The molecule has 2 aromatic carbocycles. The molecule has 0 atom stereocenters. The molecule has 0 radical (unpaired) electrons. The first kappa shape index (κ1) is 32.4. The maximum atomic E-state index is 13.3. The molecule has 2 aliphatic rings. The molecule has 0 spiro atoms. The molecule has 2 heterocycles. The Labute approximate surface area is 245 Å². The number of nitrogens with zero attached hydrogens (tertiary/aromatic N) is 2. The maximum absolute atomic E-state index is 13.3. The average Bonchev–Trinajstić information content (AvgIpc) is 2.95. The Kier molecular flexibility index (Phi) is 10.4. The lowest BCUT2D eigenvalue weighted by molar-refractivity contribution is -0.143. The summed E-state index contributed by atoms with van der Waals surface area (Å²) in [5.74, 6) is 0.194. The number of morpholine rings is 1. The largest absolute Gasteiger partial charge is 0.416 e. The van der Waals surface area contributed by atoms with Gasteiger partial charge in [0.05, 0.1) is 29.9 Å². The molecule has 0 aromatic heterocycles. The highest BCUT2D eigenvalue weighted by atomic mass is 19.4. The third-order valence-electron chi connectivity index (χ3n) is 7.51. The fourth-order valence-corrected chi connectivity index (χ4v) is 5.07. The molecule has 4 rings (SSSR count). The van der Waals surface area contributed by atoms with E-state index in [0.29, 0.717) is 49.1 Å². The van der Waals surface area contributed by atoms with Crippen LogP contribution in [0.2, 0.25) is 0 Å². The van der Waals surface area contributed by atoms with Gasteiger partial charge in [0.15, 0.2) is 0 Å². The number of hydrogen-bond donors (Lipinski definition) is 3. The van der Waals surface area contributed by atoms with Gasteiger partial charge in [-0.25, -0.2) is 4.79 Å². The van der Waals surface area contributed by atoms with Crippen LogP contribution >= 0.6 is 0 Å². The van der Waals surface area contributed by atoms with Crippen LogP contribution in [0.25, 0.3) is 0 Å². The highest BCUT2D eigenvalue weighted by molar-refractivity contribution is 6.04. The normalized spacial score (nSPS) is 17.0. The van der Waals surface area contributed by atoms with Crippen molar-refractivity contribution < 1.29 is 40.7 Å². The Morgan fingerprint density at radius 2 is 1.47 bits per heavy atom. The van der Waals surface area contributed by atoms with Gasteiger partial charge in [-0.3, -0.25) is 9.69 Å². The maximum Gasteiger partial charge on any atom is 0.416 e. The number of carbonyl (C=O) groups excluding carboxylic acids is 2. The van der Waals surface area contributed by atoms with Crippen LogP contribution in [-0.4, -0.2) is 69.3 Å². The topological polar surface area (TPSA) is 85.9 Å². The lowest BCUT2D eigenvalue weighted by atomic mass is 9.97. The fraction of sp³-hybridized carbons (Fsp3) is 0.517. The predicted octanol–water partition coefficient (Wildman–Crippen LogP) is 6.06. The summed E-state index contributed by atoms with van der Waals surface area (Å²) in [4.78, 5) is 30.3. The van der Waals surface area contributed by atoms with Crippen molar-refractivity contribution in [3.05, 3.63) is 53.1 Å². The van der Waals surface area contributed by atoms with E-state index in [-0.39, 0.29) is 17.7 Å². The quantitative estimate of drug-likeness (QED) is 0.249. The van der Waals surface area contributed by atoms with Crippen molar-refractivity contribution in [2.24, 2.45) is 5.92 Å². The Morgan fingerprint density at radius 3 is 2.07 bits per heavy atom. The van der Waals surface area contributed by atoms with E-state index in [0.717, 1.165) is 52.0 Å². The molecule has 43 heavy (non-hydrogen) atoms. The standard InChI is InChI=1S/C29H35F6N5O3/c1-19-5-9-40(10-6-19)25-4-3-22(18-24(25)26(41)36-7-2-8-39-11-13-43-14-12-39)37-27(42)38-23-16-20(28(30,31)32)15-21(17-23)29(33,34)35/h3-4,15-19H,2,5-14H2,1H3,(H,36,41)(H2,37,38,42). The molecule has 2 saturated heterocycles. The molecule has 3 N–H and O–H groups in total. The zero-order chi connectivity index (χ0) is 31.2. The molecule has 14 heteroatoms. The third-order valence-corrected chi connectivity index (χ3v) is 7.51. The second kappa shape index (κ2) is 13.8. The average molecular weight is 616 g/mol. The van der Waals surface area contributed by atoms with Crippen molar-refractivity contribution in [1.29, 1.82) is 0 Å². The van der Waals surface area contributed by atoms with Gasteiger partial charge in [-0.05, 0) is 68.1 Å². The molecule has 2 aliphatic heterocycles. The van der Waals surface area contributed by atoms with Crippen LogP contribution in [0.15, 0.2) is 36.4 Å². The molecular weight excluding hydrogens is 580 g/mol. The predicted molar refractivity (Wildman–Crippen MR) is 150 cm³/mol. The summed E-state index contributed by atoms with van der Waals surface area (Å²) in [5, 5.41) is 7.39. The van der Waals surface area contributed by atoms with Crippen LogP contribution in [0.5, 0.6) is 0 Å². The third kappa shape index (κ3) is 9.23. The first-order valence-electron chi connectivity index (χ1n) is 14.1. The molecule has 0 unspecified atom stereocenters. The molecule has 236 valence electrons. The highest BCUT2D eigenvalue weighted by Gasteiger charge is 2.37. The summed E-state index contributed by atoms with van der Waals surface area (Å²) >= 11 is 0. The zero-order valence-electron chi connectivity index (χ0n) is 23.7. The first-order chi connectivity index (χ1) is 20.3. The molecule has 0 aliphatic carbocycles. The number of amides is 3. The summed E-state index contributed by atoms with van der Waals surface area (Å²) in [6.45, 7) is 7.87. The van der Waals surface area contributed by atoms with Crippen molar-refractivity contribution >= 4 is 29.0 Å². The minimum atomic E-state index is -5.05. The number of hydrogen-bond acceptors (Lipinski definition) is 5. The van der Waals surface area contributed by atoms with Crippen LogP contribution in [-0.2, 0) is 17.1 Å². The van der Waals surface area contributed by atoms with E-state index in [4.69, 9.17) is 4.74 Å². The van der Waals surface area contributed by atoms with Gasteiger partial charge < -0.3 is 25.6 Å². The molecule has 0 bridgehead atoms. The second-order valence-corrected chi connectivity index (χ2v) is 10.8. The lowest BCUT2D eigenvalue weighted by Crippen LogP contribution is -2.38. The Balaban J connectivity index is 1.48. The van der Waals surface area contributed by atoms with Gasteiger partial charge in [0.2, 0.25) is 0 Å². The minimum absolute atomic E-state index is 0.0189. The smallest absolute Gasteiger partial charge is 0.379 e. The van der Waals surface area contributed by atoms with E-state index in [1.807, 2.05) is 5.32 Å². The number of halogens is 6. The van der Waals surface area contributed by atoms with Crippen LogP contribution in [0.1, 0.15) is 47.7 Å². The summed E-state index contributed by atoms with van der Waals surface area (Å²) < 4.78 is 84.6. The summed E-state index contributed by atoms with van der Waals surface area (Å²) in [6, 6.07) is 4.43. The van der Waals surface area contributed by atoms with Gasteiger partial charge in [-0.1, -0.05) is 6.92 Å². The number of nitrogens with one attached hydrogen (secondary N) is 3. The van der Waals surface area contributed by atoms with Crippen molar-refractivity contribution in [2.45, 2.75) is 38.5 Å². The zero-order valence-corrected chi connectivity index (χ0v) is 23.7. The Bertz CT molecular complexity index is 1240. The molecule has 3 amide bonds. The molecule has 2 fully saturated rings. The van der Waals surface area contributed by atoms with E-state index >= 15 is 0 Å². The van der Waals surface area contributed by atoms with E-state index in [9.17, 15) is 35.9 Å². The van der Waals surface area contributed by atoms with Crippen LogP contribution in [0.4, 0.5) is 48.2 Å².